The molecule has 106 valence electrons. The highest BCUT2D eigenvalue weighted by Crippen LogP contribution is 2.38. The maximum absolute atomic E-state index is 12.8. The maximum Gasteiger partial charge on any atom is 0.123 e. The van der Waals surface area contributed by atoms with Crippen molar-refractivity contribution in [2.24, 2.45) is 11.3 Å². The fourth-order valence-corrected chi connectivity index (χ4v) is 3.30. The molecule has 2 heteroatoms. The van der Waals surface area contributed by atoms with Crippen LogP contribution in [0.2, 0.25) is 0 Å². The van der Waals surface area contributed by atoms with Gasteiger partial charge in [0.1, 0.15) is 5.82 Å². The molecule has 1 aromatic rings. The Hall–Kier alpha value is -0.890. The Balaban J connectivity index is 1.75. The number of halogens is 1. The Morgan fingerprint density at radius 3 is 2.58 bits per heavy atom. The van der Waals surface area contributed by atoms with Crippen LogP contribution in [0.3, 0.4) is 0 Å². The van der Waals surface area contributed by atoms with Gasteiger partial charge in [-0.2, -0.15) is 0 Å². The van der Waals surface area contributed by atoms with Gasteiger partial charge in [-0.1, -0.05) is 32.9 Å². The first-order valence-corrected chi connectivity index (χ1v) is 7.44. The number of benzene rings is 1. The van der Waals surface area contributed by atoms with Crippen LogP contribution in [0.1, 0.15) is 45.6 Å². The Morgan fingerprint density at radius 1 is 1.26 bits per heavy atom. The molecule has 0 bridgehead atoms. The molecule has 0 saturated heterocycles. The third-order valence-electron chi connectivity index (χ3n) is 4.43. The molecular weight excluding hydrogens is 237 g/mol. The molecule has 1 fully saturated rings. The van der Waals surface area contributed by atoms with Gasteiger partial charge in [0.25, 0.3) is 0 Å². The molecular formula is C17H26FN. The third kappa shape index (κ3) is 4.31. The van der Waals surface area contributed by atoms with E-state index in [1.807, 2.05) is 12.1 Å². The van der Waals surface area contributed by atoms with E-state index in [0.717, 1.165) is 18.9 Å². The zero-order valence-corrected chi connectivity index (χ0v) is 12.4. The summed E-state index contributed by atoms with van der Waals surface area (Å²) in [6.07, 6.45) is 4.87. The van der Waals surface area contributed by atoms with E-state index in [0.29, 0.717) is 11.5 Å². The third-order valence-corrected chi connectivity index (χ3v) is 4.43. The van der Waals surface area contributed by atoms with E-state index < -0.39 is 0 Å². The lowest BCUT2D eigenvalue weighted by Gasteiger charge is -2.39. The van der Waals surface area contributed by atoms with Crippen molar-refractivity contribution >= 4 is 0 Å². The maximum atomic E-state index is 12.8. The van der Waals surface area contributed by atoms with Gasteiger partial charge in [0.15, 0.2) is 0 Å². The van der Waals surface area contributed by atoms with Gasteiger partial charge < -0.3 is 5.32 Å². The van der Waals surface area contributed by atoms with Gasteiger partial charge in [0, 0.05) is 6.04 Å². The molecule has 1 nitrogen and oxygen atoms in total. The number of hydrogen-bond acceptors (Lipinski definition) is 1. The average molecular weight is 263 g/mol. The highest BCUT2D eigenvalue weighted by molar-refractivity contribution is 5.16. The van der Waals surface area contributed by atoms with Gasteiger partial charge in [0.05, 0.1) is 0 Å². The van der Waals surface area contributed by atoms with Crippen LogP contribution in [-0.4, -0.2) is 12.6 Å². The average Bonchev–Trinajstić information content (AvgIpc) is 2.34. The highest BCUT2D eigenvalue weighted by Gasteiger charge is 2.31. The summed E-state index contributed by atoms with van der Waals surface area (Å²) >= 11 is 0. The molecule has 1 saturated carbocycles. The van der Waals surface area contributed by atoms with E-state index in [2.05, 4.69) is 26.1 Å². The van der Waals surface area contributed by atoms with Crippen molar-refractivity contribution in [1.29, 1.82) is 0 Å². The van der Waals surface area contributed by atoms with Crippen molar-refractivity contribution in [3.8, 4) is 0 Å². The number of nitrogens with one attached hydrogen (secondary N) is 1. The van der Waals surface area contributed by atoms with Crippen LogP contribution in [0, 0.1) is 17.2 Å². The van der Waals surface area contributed by atoms with Crippen molar-refractivity contribution in [2.45, 2.75) is 52.5 Å². The molecule has 2 rings (SSSR count). The van der Waals surface area contributed by atoms with E-state index in [4.69, 9.17) is 0 Å². The molecule has 1 N–H and O–H groups in total. The molecule has 1 aromatic carbocycles. The van der Waals surface area contributed by atoms with Crippen LogP contribution in [-0.2, 0) is 6.42 Å². The van der Waals surface area contributed by atoms with Crippen LogP contribution in [0.4, 0.5) is 4.39 Å². The predicted octanol–water partition coefficient (Wildman–Crippen LogP) is 4.17. The van der Waals surface area contributed by atoms with Crippen LogP contribution in [0.15, 0.2) is 24.3 Å². The van der Waals surface area contributed by atoms with Crippen molar-refractivity contribution in [1.82, 2.24) is 5.32 Å². The summed E-state index contributed by atoms with van der Waals surface area (Å²) in [5, 5.41) is 3.68. The fraction of sp³-hybridized carbons (Fsp3) is 0.647. The standard InChI is InChI=1S/C17H26FN/c1-13-12-17(2,3)10-8-16(13)19-11-9-14-4-6-15(18)7-5-14/h4-7,13,16,19H,8-12H2,1-3H3. The summed E-state index contributed by atoms with van der Waals surface area (Å²) in [6, 6.07) is 7.49. The van der Waals surface area contributed by atoms with E-state index in [9.17, 15) is 4.39 Å². The summed E-state index contributed by atoms with van der Waals surface area (Å²) in [5.41, 5.74) is 1.71. The van der Waals surface area contributed by atoms with Gasteiger partial charge in [-0.15, -0.1) is 0 Å². The molecule has 2 unspecified atom stereocenters. The number of hydrogen-bond donors (Lipinski definition) is 1. The Morgan fingerprint density at radius 2 is 1.95 bits per heavy atom. The topological polar surface area (TPSA) is 12.0 Å². The first-order valence-electron chi connectivity index (χ1n) is 7.44. The van der Waals surface area contributed by atoms with Gasteiger partial charge >= 0.3 is 0 Å². The van der Waals surface area contributed by atoms with Crippen molar-refractivity contribution in [3.63, 3.8) is 0 Å². The first kappa shape index (κ1) is 14.5. The van der Waals surface area contributed by atoms with Gasteiger partial charge in [-0.05, 0) is 61.3 Å². The zero-order valence-electron chi connectivity index (χ0n) is 12.4. The Kier molecular flexibility index (Phi) is 4.62. The summed E-state index contributed by atoms with van der Waals surface area (Å²) in [6.45, 7) is 8.09. The second-order valence-corrected chi connectivity index (χ2v) is 6.82. The summed E-state index contributed by atoms with van der Waals surface area (Å²) in [7, 11) is 0. The summed E-state index contributed by atoms with van der Waals surface area (Å²) < 4.78 is 12.8. The lowest BCUT2D eigenvalue weighted by molar-refractivity contribution is 0.149. The lowest BCUT2D eigenvalue weighted by Crippen LogP contribution is -2.42. The molecule has 1 aliphatic carbocycles. The van der Waals surface area contributed by atoms with E-state index in [-0.39, 0.29) is 5.82 Å². The van der Waals surface area contributed by atoms with Gasteiger partial charge in [-0.3, -0.25) is 0 Å². The molecule has 2 atom stereocenters. The van der Waals surface area contributed by atoms with E-state index in [1.165, 1.54) is 24.8 Å². The second-order valence-electron chi connectivity index (χ2n) is 6.82. The normalized spacial score (nSPS) is 26.3. The first-order chi connectivity index (χ1) is 8.96. The lowest BCUT2D eigenvalue weighted by atomic mass is 9.70. The molecule has 0 heterocycles. The van der Waals surface area contributed by atoms with Gasteiger partial charge in [0.2, 0.25) is 0 Å². The molecule has 0 amide bonds. The minimum atomic E-state index is -0.153. The van der Waals surface area contributed by atoms with Gasteiger partial charge in [-0.25, -0.2) is 4.39 Å². The highest BCUT2D eigenvalue weighted by atomic mass is 19.1. The Labute approximate surface area is 116 Å². The Bertz CT molecular complexity index is 396. The largest absolute Gasteiger partial charge is 0.313 e. The monoisotopic (exact) mass is 263 g/mol. The number of rotatable bonds is 4. The SMILES string of the molecule is CC1CC(C)(C)CCC1NCCc1ccc(F)cc1. The van der Waals surface area contributed by atoms with E-state index in [1.54, 1.807) is 12.1 Å². The fourth-order valence-electron chi connectivity index (χ4n) is 3.30. The molecule has 0 aromatic heterocycles. The molecule has 0 aliphatic heterocycles. The van der Waals surface area contributed by atoms with Crippen molar-refractivity contribution in [3.05, 3.63) is 35.6 Å². The zero-order chi connectivity index (χ0) is 13.9. The van der Waals surface area contributed by atoms with Crippen molar-refractivity contribution in [2.75, 3.05) is 6.54 Å². The molecule has 0 spiro atoms. The van der Waals surface area contributed by atoms with Crippen LogP contribution < -0.4 is 5.32 Å². The second kappa shape index (κ2) is 6.04. The molecule has 19 heavy (non-hydrogen) atoms. The predicted molar refractivity (Wildman–Crippen MR) is 78.7 cm³/mol. The van der Waals surface area contributed by atoms with Crippen molar-refractivity contribution < 1.29 is 4.39 Å². The minimum absolute atomic E-state index is 0.153. The molecule has 0 radical (unpaired) electrons. The minimum Gasteiger partial charge on any atom is -0.313 e. The summed E-state index contributed by atoms with van der Waals surface area (Å²) in [5.74, 6) is 0.594. The summed E-state index contributed by atoms with van der Waals surface area (Å²) in [4.78, 5) is 0. The quantitative estimate of drug-likeness (QED) is 0.859. The molecule has 1 aliphatic rings. The van der Waals surface area contributed by atoms with Crippen LogP contribution in [0.25, 0.3) is 0 Å². The van der Waals surface area contributed by atoms with Crippen LogP contribution >= 0.6 is 0 Å². The van der Waals surface area contributed by atoms with Crippen LogP contribution in [0.5, 0.6) is 0 Å². The van der Waals surface area contributed by atoms with E-state index >= 15 is 0 Å². The smallest absolute Gasteiger partial charge is 0.123 e.